The Morgan fingerprint density at radius 3 is 2.57 bits per heavy atom. The maximum atomic E-state index is 13.1. The molecule has 0 aromatic heterocycles. The van der Waals surface area contributed by atoms with Gasteiger partial charge in [0.1, 0.15) is 5.82 Å². The molecule has 1 fully saturated rings. The first kappa shape index (κ1) is 16.2. The molecule has 2 rings (SSSR count). The van der Waals surface area contributed by atoms with Crippen molar-refractivity contribution in [2.24, 2.45) is 0 Å². The summed E-state index contributed by atoms with van der Waals surface area (Å²) in [5, 5.41) is 0.161. The van der Waals surface area contributed by atoms with Crippen molar-refractivity contribution >= 4 is 17.6 Å². The van der Waals surface area contributed by atoms with E-state index in [1.165, 1.54) is 6.07 Å². The van der Waals surface area contributed by atoms with Gasteiger partial charge in [-0.3, -0.25) is 14.6 Å². The molecule has 0 atom stereocenters. The van der Waals surface area contributed by atoms with E-state index in [9.17, 15) is 9.18 Å². The SMILES string of the molecule is CCOC(=O)CN1CCN(Cc2ccc(F)c(Cl)c2)CC1. The summed E-state index contributed by atoms with van der Waals surface area (Å²) < 4.78 is 18.1. The molecule has 4 nitrogen and oxygen atoms in total. The number of halogens is 2. The van der Waals surface area contributed by atoms with Crippen LogP contribution in [0.5, 0.6) is 0 Å². The Labute approximate surface area is 129 Å². The molecule has 1 aliphatic rings. The van der Waals surface area contributed by atoms with E-state index < -0.39 is 0 Å². The van der Waals surface area contributed by atoms with E-state index in [2.05, 4.69) is 9.80 Å². The van der Waals surface area contributed by atoms with Gasteiger partial charge in [-0.25, -0.2) is 4.39 Å². The van der Waals surface area contributed by atoms with Crippen LogP contribution in [0.1, 0.15) is 12.5 Å². The van der Waals surface area contributed by atoms with Gasteiger partial charge in [-0.05, 0) is 24.6 Å². The molecule has 116 valence electrons. The van der Waals surface area contributed by atoms with Crippen LogP contribution in [0, 0.1) is 5.82 Å². The third-order valence-electron chi connectivity index (χ3n) is 3.51. The third-order valence-corrected chi connectivity index (χ3v) is 3.80. The number of benzene rings is 1. The van der Waals surface area contributed by atoms with Gasteiger partial charge in [-0.15, -0.1) is 0 Å². The lowest BCUT2D eigenvalue weighted by molar-refractivity contribution is -0.144. The molecule has 0 amide bonds. The van der Waals surface area contributed by atoms with Crippen LogP contribution in [0.15, 0.2) is 18.2 Å². The Bertz CT molecular complexity index is 491. The van der Waals surface area contributed by atoms with Crippen LogP contribution in [0.25, 0.3) is 0 Å². The molecule has 1 saturated heterocycles. The predicted octanol–water partition coefficient (Wildman–Crippen LogP) is 2.16. The summed E-state index contributed by atoms with van der Waals surface area (Å²) in [5.74, 6) is -0.559. The van der Waals surface area contributed by atoms with Gasteiger partial charge in [-0.1, -0.05) is 17.7 Å². The number of rotatable bonds is 5. The normalized spacial score (nSPS) is 16.9. The van der Waals surface area contributed by atoms with Gasteiger partial charge >= 0.3 is 5.97 Å². The van der Waals surface area contributed by atoms with E-state index in [0.717, 1.165) is 38.3 Å². The molecule has 6 heteroatoms. The lowest BCUT2D eigenvalue weighted by Gasteiger charge is -2.34. The zero-order valence-electron chi connectivity index (χ0n) is 12.1. The second-order valence-corrected chi connectivity index (χ2v) is 5.51. The second-order valence-electron chi connectivity index (χ2n) is 5.11. The number of hydrogen-bond acceptors (Lipinski definition) is 4. The van der Waals surface area contributed by atoms with Gasteiger partial charge in [0.2, 0.25) is 0 Å². The number of nitrogens with zero attached hydrogens (tertiary/aromatic N) is 2. The van der Waals surface area contributed by atoms with Gasteiger partial charge in [0, 0.05) is 32.7 Å². The molecule has 0 spiro atoms. The summed E-state index contributed by atoms with van der Waals surface area (Å²) >= 11 is 5.79. The van der Waals surface area contributed by atoms with E-state index in [4.69, 9.17) is 16.3 Å². The number of ether oxygens (including phenoxy) is 1. The quantitative estimate of drug-likeness (QED) is 0.780. The summed E-state index contributed by atoms with van der Waals surface area (Å²) in [7, 11) is 0. The van der Waals surface area contributed by atoms with Crippen molar-refractivity contribution in [2.45, 2.75) is 13.5 Å². The minimum atomic E-state index is -0.389. The maximum Gasteiger partial charge on any atom is 0.320 e. The molecular formula is C15H20ClFN2O2. The van der Waals surface area contributed by atoms with Crippen molar-refractivity contribution in [1.29, 1.82) is 0 Å². The molecule has 1 aromatic carbocycles. The van der Waals surface area contributed by atoms with Gasteiger partial charge in [0.25, 0.3) is 0 Å². The van der Waals surface area contributed by atoms with Crippen LogP contribution < -0.4 is 0 Å². The smallest absolute Gasteiger partial charge is 0.320 e. The largest absolute Gasteiger partial charge is 0.465 e. The number of carbonyl (C=O) groups excluding carboxylic acids is 1. The van der Waals surface area contributed by atoms with E-state index in [-0.39, 0.29) is 16.8 Å². The zero-order chi connectivity index (χ0) is 15.2. The lowest BCUT2D eigenvalue weighted by Crippen LogP contribution is -2.47. The number of piperazine rings is 1. The summed E-state index contributed by atoms with van der Waals surface area (Å²) in [6.07, 6.45) is 0. The average Bonchev–Trinajstić information content (AvgIpc) is 2.45. The Morgan fingerprint density at radius 1 is 1.29 bits per heavy atom. The Hall–Kier alpha value is -1.17. The van der Waals surface area contributed by atoms with Crippen molar-refractivity contribution < 1.29 is 13.9 Å². The number of carbonyl (C=O) groups is 1. The second kappa shape index (κ2) is 7.73. The van der Waals surface area contributed by atoms with Crippen LogP contribution in [0.2, 0.25) is 5.02 Å². The third kappa shape index (κ3) is 4.95. The van der Waals surface area contributed by atoms with E-state index in [0.29, 0.717) is 13.2 Å². The molecular weight excluding hydrogens is 295 g/mol. The number of hydrogen-bond donors (Lipinski definition) is 0. The van der Waals surface area contributed by atoms with Crippen molar-refractivity contribution in [3.63, 3.8) is 0 Å². The molecule has 0 bridgehead atoms. The first-order valence-electron chi connectivity index (χ1n) is 7.12. The Morgan fingerprint density at radius 2 is 1.95 bits per heavy atom. The van der Waals surface area contributed by atoms with Crippen LogP contribution >= 0.6 is 11.6 Å². The van der Waals surface area contributed by atoms with Crippen molar-refractivity contribution in [2.75, 3.05) is 39.3 Å². The first-order chi connectivity index (χ1) is 10.1. The average molecular weight is 315 g/mol. The lowest BCUT2D eigenvalue weighted by atomic mass is 10.2. The maximum absolute atomic E-state index is 13.1. The zero-order valence-corrected chi connectivity index (χ0v) is 12.9. The fraction of sp³-hybridized carbons (Fsp3) is 0.533. The Kier molecular flexibility index (Phi) is 5.96. The fourth-order valence-electron chi connectivity index (χ4n) is 2.39. The summed E-state index contributed by atoms with van der Waals surface area (Å²) in [6.45, 7) is 6.72. The monoisotopic (exact) mass is 314 g/mol. The van der Waals surface area contributed by atoms with Crippen molar-refractivity contribution in [3.8, 4) is 0 Å². The highest BCUT2D eigenvalue weighted by Gasteiger charge is 2.19. The summed E-state index contributed by atoms with van der Waals surface area (Å²) in [6, 6.07) is 4.82. The molecule has 1 aromatic rings. The molecule has 0 unspecified atom stereocenters. The van der Waals surface area contributed by atoms with Crippen LogP contribution in [-0.2, 0) is 16.1 Å². The van der Waals surface area contributed by atoms with E-state index >= 15 is 0 Å². The fourth-order valence-corrected chi connectivity index (χ4v) is 2.59. The molecule has 0 radical (unpaired) electrons. The van der Waals surface area contributed by atoms with Gasteiger partial charge in [-0.2, -0.15) is 0 Å². The predicted molar refractivity (Wildman–Crippen MR) is 79.8 cm³/mol. The highest BCUT2D eigenvalue weighted by atomic mass is 35.5. The number of esters is 1. The van der Waals surface area contributed by atoms with Crippen LogP contribution in [0.3, 0.4) is 0 Å². The molecule has 21 heavy (non-hydrogen) atoms. The molecule has 1 aliphatic heterocycles. The van der Waals surface area contributed by atoms with Gasteiger partial charge < -0.3 is 4.74 Å². The van der Waals surface area contributed by atoms with Gasteiger partial charge in [0.05, 0.1) is 18.2 Å². The van der Waals surface area contributed by atoms with Crippen LogP contribution in [-0.4, -0.2) is 55.1 Å². The summed E-state index contributed by atoms with van der Waals surface area (Å²) in [4.78, 5) is 15.8. The van der Waals surface area contributed by atoms with Crippen molar-refractivity contribution in [1.82, 2.24) is 9.80 Å². The highest BCUT2D eigenvalue weighted by Crippen LogP contribution is 2.17. The molecule has 0 N–H and O–H groups in total. The molecule has 1 heterocycles. The standard InChI is InChI=1S/C15H20ClFN2O2/c1-2-21-15(20)11-19-7-5-18(6-8-19)10-12-3-4-14(17)13(16)9-12/h3-4,9H,2,5-8,10-11H2,1H3. The highest BCUT2D eigenvalue weighted by molar-refractivity contribution is 6.30. The summed E-state index contributed by atoms with van der Waals surface area (Å²) in [5.41, 5.74) is 1.00. The van der Waals surface area contributed by atoms with Crippen LogP contribution in [0.4, 0.5) is 4.39 Å². The Balaban J connectivity index is 1.78. The van der Waals surface area contributed by atoms with Crippen molar-refractivity contribution in [3.05, 3.63) is 34.6 Å². The van der Waals surface area contributed by atoms with Gasteiger partial charge in [0.15, 0.2) is 0 Å². The topological polar surface area (TPSA) is 32.8 Å². The molecule has 0 aliphatic carbocycles. The molecule has 0 saturated carbocycles. The van der Waals surface area contributed by atoms with E-state index in [1.54, 1.807) is 12.1 Å². The first-order valence-corrected chi connectivity index (χ1v) is 7.50. The minimum Gasteiger partial charge on any atom is -0.465 e. The van der Waals surface area contributed by atoms with E-state index in [1.807, 2.05) is 6.92 Å². The minimum absolute atomic E-state index is 0.161.